The van der Waals surface area contributed by atoms with Crippen LogP contribution < -0.4 is 0 Å². The zero-order chi connectivity index (χ0) is 15.1. The number of nitrogens with zero attached hydrogens (tertiary/aromatic N) is 1. The fourth-order valence-corrected chi connectivity index (χ4v) is 3.25. The molecule has 6 heteroatoms. The van der Waals surface area contributed by atoms with Crippen molar-refractivity contribution < 1.29 is 19.1 Å². The SMILES string of the molecule is O=C(O)C1CCC(=O)N(C2CC2)C1c1cccc(Cl)c1F. The lowest BCUT2D eigenvalue weighted by molar-refractivity contribution is -0.152. The van der Waals surface area contributed by atoms with Crippen LogP contribution >= 0.6 is 11.6 Å². The lowest BCUT2D eigenvalue weighted by Crippen LogP contribution is -2.46. The normalized spacial score (nSPS) is 26.0. The predicted molar refractivity (Wildman–Crippen MR) is 74.4 cm³/mol. The van der Waals surface area contributed by atoms with Gasteiger partial charge in [0.05, 0.1) is 17.0 Å². The van der Waals surface area contributed by atoms with Crippen molar-refractivity contribution >= 4 is 23.5 Å². The summed E-state index contributed by atoms with van der Waals surface area (Å²) in [6.45, 7) is 0. The number of likely N-dealkylation sites (tertiary alicyclic amines) is 1. The summed E-state index contributed by atoms with van der Waals surface area (Å²) < 4.78 is 14.3. The molecule has 1 N–H and O–H groups in total. The molecule has 2 aliphatic rings. The summed E-state index contributed by atoms with van der Waals surface area (Å²) in [4.78, 5) is 25.3. The zero-order valence-corrected chi connectivity index (χ0v) is 12.0. The van der Waals surface area contributed by atoms with Crippen LogP contribution in [0.4, 0.5) is 4.39 Å². The first kappa shape index (κ1) is 14.3. The third-order valence-electron chi connectivity index (χ3n) is 4.20. The summed E-state index contributed by atoms with van der Waals surface area (Å²) in [5.74, 6) is -2.52. The molecule has 2 atom stereocenters. The van der Waals surface area contributed by atoms with E-state index in [4.69, 9.17) is 11.6 Å². The smallest absolute Gasteiger partial charge is 0.308 e. The number of rotatable bonds is 3. The first-order valence-electron chi connectivity index (χ1n) is 6.98. The molecule has 4 nitrogen and oxygen atoms in total. The fourth-order valence-electron chi connectivity index (χ4n) is 3.07. The fraction of sp³-hybridized carbons (Fsp3) is 0.467. The Labute approximate surface area is 126 Å². The summed E-state index contributed by atoms with van der Waals surface area (Å²) in [7, 11) is 0. The third kappa shape index (κ3) is 2.50. The second-order valence-corrected chi connectivity index (χ2v) is 6.01. The van der Waals surface area contributed by atoms with Gasteiger partial charge >= 0.3 is 5.97 Å². The number of halogens is 2. The maximum absolute atomic E-state index is 14.3. The number of carboxylic acid groups (broad SMARTS) is 1. The van der Waals surface area contributed by atoms with Gasteiger partial charge in [0.2, 0.25) is 5.91 Å². The quantitative estimate of drug-likeness (QED) is 0.933. The highest BCUT2D eigenvalue weighted by Crippen LogP contribution is 2.44. The minimum absolute atomic E-state index is 0.0306. The van der Waals surface area contributed by atoms with Crippen LogP contribution in [0.1, 0.15) is 37.3 Å². The number of piperidine rings is 1. The number of hydrogen-bond acceptors (Lipinski definition) is 2. The topological polar surface area (TPSA) is 57.6 Å². The van der Waals surface area contributed by atoms with E-state index in [2.05, 4.69) is 0 Å². The molecule has 21 heavy (non-hydrogen) atoms. The number of hydrogen-bond donors (Lipinski definition) is 1. The minimum atomic E-state index is -1.00. The maximum Gasteiger partial charge on any atom is 0.308 e. The molecule has 1 saturated carbocycles. The van der Waals surface area contributed by atoms with Gasteiger partial charge in [0, 0.05) is 18.0 Å². The molecule has 1 aliphatic heterocycles. The van der Waals surface area contributed by atoms with Gasteiger partial charge in [-0.15, -0.1) is 0 Å². The number of carboxylic acids is 1. The maximum atomic E-state index is 14.3. The van der Waals surface area contributed by atoms with Gasteiger partial charge < -0.3 is 10.0 Å². The first-order valence-corrected chi connectivity index (χ1v) is 7.36. The zero-order valence-electron chi connectivity index (χ0n) is 11.3. The van der Waals surface area contributed by atoms with Crippen LogP contribution in [-0.4, -0.2) is 27.9 Å². The van der Waals surface area contributed by atoms with Gasteiger partial charge in [0.25, 0.3) is 0 Å². The largest absolute Gasteiger partial charge is 0.481 e. The molecule has 0 radical (unpaired) electrons. The number of carbonyl (C=O) groups is 2. The highest BCUT2D eigenvalue weighted by molar-refractivity contribution is 6.30. The van der Waals surface area contributed by atoms with Crippen molar-refractivity contribution in [3.63, 3.8) is 0 Å². The van der Waals surface area contributed by atoms with Gasteiger partial charge in [-0.25, -0.2) is 4.39 Å². The van der Waals surface area contributed by atoms with Crippen molar-refractivity contribution in [1.82, 2.24) is 4.90 Å². The van der Waals surface area contributed by atoms with Crippen LogP contribution in [0.15, 0.2) is 18.2 Å². The van der Waals surface area contributed by atoms with E-state index in [1.54, 1.807) is 11.0 Å². The second kappa shape index (κ2) is 5.30. The average Bonchev–Trinajstić information content (AvgIpc) is 3.25. The van der Waals surface area contributed by atoms with E-state index in [1.165, 1.54) is 12.1 Å². The average molecular weight is 312 g/mol. The van der Waals surface area contributed by atoms with E-state index >= 15 is 0 Å². The van der Waals surface area contributed by atoms with Crippen molar-refractivity contribution in [2.24, 2.45) is 5.92 Å². The van der Waals surface area contributed by atoms with Crippen molar-refractivity contribution in [1.29, 1.82) is 0 Å². The van der Waals surface area contributed by atoms with Gasteiger partial charge in [0.1, 0.15) is 5.82 Å². The van der Waals surface area contributed by atoms with Crippen LogP contribution in [0, 0.1) is 11.7 Å². The van der Waals surface area contributed by atoms with E-state index in [-0.39, 0.29) is 35.4 Å². The molecule has 0 bridgehead atoms. The summed E-state index contributed by atoms with van der Waals surface area (Å²) in [5.41, 5.74) is 0.204. The minimum Gasteiger partial charge on any atom is -0.481 e. The van der Waals surface area contributed by atoms with E-state index < -0.39 is 23.7 Å². The van der Waals surface area contributed by atoms with Crippen molar-refractivity contribution in [3.05, 3.63) is 34.6 Å². The molecule has 1 aromatic rings. The van der Waals surface area contributed by atoms with Gasteiger partial charge in [-0.3, -0.25) is 9.59 Å². The van der Waals surface area contributed by atoms with E-state index in [0.717, 1.165) is 12.8 Å². The molecule has 1 aliphatic carbocycles. The van der Waals surface area contributed by atoms with E-state index in [0.29, 0.717) is 0 Å². The first-order chi connectivity index (χ1) is 10.0. The van der Waals surface area contributed by atoms with Gasteiger partial charge in [-0.2, -0.15) is 0 Å². The molecular formula is C15H15ClFNO3. The monoisotopic (exact) mass is 311 g/mol. The molecule has 0 spiro atoms. The molecule has 2 unspecified atom stereocenters. The van der Waals surface area contributed by atoms with E-state index in [9.17, 15) is 19.1 Å². The standard InChI is InChI=1S/C15H15ClFNO3/c16-11-3-1-2-9(13(11)17)14-10(15(20)21)6-7-12(19)18(14)8-4-5-8/h1-3,8,10,14H,4-7H2,(H,20,21). The summed E-state index contributed by atoms with van der Waals surface area (Å²) in [5, 5.41) is 9.39. The van der Waals surface area contributed by atoms with Gasteiger partial charge in [-0.05, 0) is 25.3 Å². The Bertz CT molecular complexity index is 603. The Morgan fingerprint density at radius 1 is 1.33 bits per heavy atom. The Balaban J connectivity index is 2.08. The summed E-state index contributed by atoms with van der Waals surface area (Å²) >= 11 is 5.81. The van der Waals surface area contributed by atoms with Crippen LogP contribution in [-0.2, 0) is 9.59 Å². The molecule has 1 heterocycles. The molecular weight excluding hydrogens is 297 g/mol. The number of amides is 1. The highest BCUT2D eigenvalue weighted by Gasteiger charge is 2.47. The molecule has 1 saturated heterocycles. The summed E-state index contributed by atoms with van der Waals surface area (Å²) in [6.07, 6.45) is 2.12. The molecule has 3 rings (SSSR count). The van der Waals surface area contributed by atoms with Gasteiger partial charge in [-0.1, -0.05) is 23.7 Å². The number of carbonyl (C=O) groups excluding carboxylic acids is 1. The van der Waals surface area contributed by atoms with Crippen molar-refractivity contribution in [2.75, 3.05) is 0 Å². The lowest BCUT2D eigenvalue weighted by Gasteiger charge is -2.40. The molecule has 1 aromatic carbocycles. The predicted octanol–water partition coefficient (Wildman–Crippen LogP) is 3.01. The van der Waals surface area contributed by atoms with Gasteiger partial charge in [0.15, 0.2) is 0 Å². The van der Waals surface area contributed by atoms with Crippen LogP contribution in [0.5, 0.6) is 0 Å². The Hall–Kier alpha value is -1.62. The Morgan fingerprint density at radius 3 is 2.67 bits per heavy atom. The third-order valence-corrected chi connectivity index (χ3v) is 4.49. The highest BCUT2D eigenvalue weighted by atomic mass is 35.5. The molecule has 112 valence electrons. The summed E-state index contributed by atoms with van der Waals surface area (Å²) in [6, 6.07) is 3.79. The van der Waals surface area contributed by atoms with Crippen molar-refractivity contribution in [3.8, 4) is 0 Å². The second-order valence-electron chi connectivity index (χ2n) is 5.60. The Kier molecular flexibility index (Phi) is 3.61. The van der Waals surface area contributed by atoms with Crippen LogP contribution in [0.25, 0.3) is 0 Å². The molecule has 2 fully saturated rings. The molecule has 1 amide bonds. The van der Waals surface area contributed by atoms with Crippen molar-refractivity contribution in [2.45, 2.75) is 37.8 Å². The molecule has 0 aromatic heterocycles. The lowest BCUT2D eigenvalue weighted by atomic mass is 9.84. The van der Waals surface area contributed by atoms with E-state index in [1.807, 2.05) is 0 Å². The Morgan fingerprint density at radius 2 is 2.05 bits per heavy atom. The number of benzene rings is 1. The number of aliphatic carboxylic acids is 1. The van der Waals surface area contributed by atoms with Crippen LogP contribution in [0.2, 0.25) is 5.02 Å². The van der Waals surface area contributed by atoms with Crippen LogP contribution in [0.3, 0.4) is 0 Å².